The molecule has 58 heteroatoms. The molecule has 0 aromatic rings. The number of halogens is 1. The Morgan fingerprint density at radius 2 is 0.663 bits per heavy atom. The van der Waals surface area contributed by atoms with Crippen LogP contribution in [0.1, 0.15) is 0 Å². The molecule has 0 aromatic heterocycles. The summed E-state index contributed by atoms with van der Waals surface area (Å²) in [6, 6.07) is 0. The second-order valence-electron chi connectivity index (χ2n) is 12.6. The van der Waals surface area contributed by atoms with Crippen LogP contribution in [0, 0.1) is 11.8 Å². The van der Waals surface area contributed by atoms with Crippen LogP contribution in [-0.2, 0) is 186 Å². The highest BCUT2D eigenvalue weighted by Crippen LogP contribution is 2.47. The third-order valence-corrected chi connectivity index (χ3v) is 11.8. The summed E-state index contributed by atoms with van der Waals surface area (Å²) < 4.78 is 147. The first-order valence-corrected chi connectivity index (χ1v) is 31.5. The Hall–Kier alpha value is -2.40. The molecule has 0 aliphatic rings. The fraction of sp³-hybridized carbons (Fsp3) is 0.680. The first kappa shape index (κ1) is 80.6. The molecular formula is C25H51BFN2O47P7. The summed E-state index contributed by atoms with van der Waals surface area (Å²) in [7, 11) is -27.5. The van der Waals surface area contributed by atoms with Gasteiger partial charge in [-0.15, -0.1) is 4.48 Å². The van der Waals surface area contributed by atoms with Crippen LogP contribution in [0.5, 0.6) is 0 Å². The van der Waals surface area contributed by atoms with Gasteiger partial charge < -0.3 is 67.3 Å². The van der Waals surface area contributed by atoms with Crippen LogP contribution in [0.4, 0.5) is 4.48 Å². The molecule has 0 saturated heterocycles. The first-order valence-electron chi connectivity index (χ1n) is 20.5. The minimum Gasteiger partial charge on any atom is -0.429 e. The van der Waals surface area contributed by atoms with Crippen LogP contribution in [0.15, 0.2) is 50.1 Å². The summed E-state index contributed by atoms with van der Waals surface area (Å²) in [5.74, 6) is -2.07. The Morgan fingerprint density at radius 3 is 0.976 bits per heavy atom. The monoisotopic (exact) mass is 1380 g/mol. The number of rotatable bonds is 60. The van der Waals surface area contributed by atoms with E-state index in [1.807, 2.05) is 0 Å². The molecule has 0 rings (SSSR count). The zero-order chi connectivity index (χ0) is 62.3. The minimum atomic E-state index is -4.93. The summed E-state index contributed by atoms with van der Waals surface area (Å²) >= 11 is 0. The number of phosphoric ester groups is 6. The van der Waals surface area contributed by atoms with E-state index in [4.69, 9.17) is 22.7 Å². The van der Waals surface area contributed by atoms with Crippen LogP contribution in [0.3, 0.4) is 0 Å². The van der Waals surface area contributed by atoms with Crippen molar-refractivity contribution < 1.29 is 229 Å². The molecule has 0 aromatic carbocycles. The lowest BCUT2D eigenvalue weighted by Gasteiger charge is -2.19. The fourth-order valence-electron chi connectivity index (χ4n) is 3.27. The van der Waals surface area contributed by atoms with Gasteiger partial charge in [-0.3, -0.25) is 50.9 Å². The maximum Gasteiger partial charge on any atom is 0.527 e. The number of nitrogens with one attached hydrogen (secondary N) is 2. The van der Waals surface area contributed by atoms with E-state index in [9.17, 15) is 60.9 Å². The maximum atomic E-state index is 12.7. The molecule has 0 aliphatic carbocycles. The van der Waals surface area contributed by atoms with E-state index in [2.05, 4.69) is 159 Å². The van der Waals surface area contributed by atoms with Gasteiger partial charge in [-0.05, 0) is 26.7 Å². The second kappa shape index (κ2) is 47.6. The van der Waals surface area contributed by atoms with E-state index in [-0.39, 0.29) is 6.54 Å². The lowest BCUT2D eigenvalue weighted by molar-refractivity contribution is -0.700. The highest BCUT2D eigenvalue weighted by Gasteiger charge is 2.29. The highest BCUT2D eigenvalue weighted by molar-refractivity contribution is 7.52. The van der Waals surface area contributed by atoms with Crippen molar-refractivity contribution in [1.82, 2.24) is 10.8 Å². The molecule has 8 atom stereocenters. The Bertz CT molecular complexity index is 2130. The van der Waals surface area contributed by atoms with Crippen LogP contribution in [0.2, 0.25) is 0 Å². The van der Waals surface area contributed by atoms with Crippen molar-refractivity contribution >= 4 is 62.5 Å². The Labute approximate surface area is 463 Å². The van der Waals surface area contributed by atoms with Crippen molar-refractivity contribution in [2.24, 2.45) is 11.8 Å². The van der Waals surface area contributed by atoms with Crippen molar-refractivity contribution in [2.45, 2.75) is 0 Å². The van der Waals surface area contributed by atoms with E-state index < -0.39 is 152 Å². The van der Waals surface area contributed by atoms with Gasteiger partial charge in [0.05, 0.1) is 52.9 Å². The second-order valence-corrected chi connectivity index (χ2v) is 22.8. The number of hydrogen-bond donors (Lipinski definition) is 10. The zero-order valence-electron chi connectivity index (χ0n) is 41.3. The van der Waals surface area contributed by atoms with Crippen LogP contribution < -0.4 is 10.8 Å². The van der Waals surface area contributed by atoms with Crippen LogP contribution in [-0.4, -0.2) is 146 Å². The molecular weight excluding hydrogens is 1330 g/mol. The standard InChI is InChI=1S/C25H51BFN2O47P7/c1-77(30,31)53-10-2-45-65-73-70-50-8-16-59-82(41,42)63-22-25(19-29-27)23-64-83(43,44)60-17-9-52-72-76-69-49-6-14-57-80(37,38)55-12-4-47-67-74-66-46-3-11-54-79(35,36)56-13-5-48-68-75-71-51-7-15-58-81(39,40)62-21-24(18-28-26)20-61-78(32,33)34/h2,4-5,9-10,12-13,17,24-25,28-29H,3,6-8,11,14-16,18-23H2,1H3,(H,30,31)(H,35,36)(H,37,38)(H,39,40)(H,41,42)(H,43,44)(H2,32,33,34)/b10-2+,12-4-,13-5-,17-9+. The van der Waals surface area contributed by atoms with Gasteiger partial charge in [-0.25, -0.2) is 51.5 Å². The van der Waals surface area contributed by atoms with Gasteiger partial charge in [0.2, 0.25) is 0 Å². The van der Waals surface area contributed by atoms with E-state index >= 15 is 0 Å². The normalized spacial score (nSPS) is 17.5. The third kappa shape index (κ3) is 57.1. The molecule has 0 bridgehead atoms. The lowest BCUT2D eigenvalue weighted by Crippen LogP contribution is -2.27. The predicted octanol–water partition coefficient (Wildman–Crippen LogP) is 0.832. The molecule has 83 heavy (non-hydrogen) atoms. The smallest absolute Gasteiger partial charge is 0.429 e. The molecule has 2 radical (unpaired) electrons. The number of phosphoric acid groups is 6. The van der Waals surface area contributed by atoms with Crippen molar-refractivity contribution in [1.29, 1.82) is 0 Å². The summed E-state index contributed by atoms with van der Waals surface area (Å²) in [6.45, 7) is -7.61. The summed E-state index contributed by atoms with van der Waals surface area (Å²) in [6.07, 6.45) is 3.96. The Morgan fingerprint density at radius 1 is 0.373 bits per heavy atom. The summed E-state index contributed by atoms with van der Waals surface area (Å²) in [5.41, 5.74) is 1.19. The predicted molar refractivity (Wildman–Crippen MR) is 236 cm³/mol. The molecule has 0 amide bonds. The van der Waals surface area contributed by atoms with Crippen molar-refractivity contribution in [2.75, 3.05) is 99.0 Å². The van der Waals surface area contributed by atoms with E-state index in [0.717, 1.165) is 6.66 Å². The van der Waals surface area contributed by atoms with E-state index in [1.165, 1.54) is 5.54 Å². The highest BCUT2D eigenvalue weighted by atomic mass is 31.2. The lowest BCUT2D eigenvalue weighted by atomic mass is 10.1. The van der Waals surface area contributed by atoms with Gasteiger partial charge in [0.25, 0.3) is 0 Å². The van der Waals surface area contributed by atoms with Crippen molar-refractivity contribution in [3.63, 3.8) is 0 Å². The van der Waals surface area contributed by atoms with E-state index in [0.29, 0.717) is 50.1 Å². The van der Waals surface area contributed by atoms with Crippen LogP contribution >= 0.6 is 54.5 Å². The number of hydrogen-bond acceptors (Lipinski definition) is 41. The molecule has 0 fully saturated rings. The molecule has 49 nitrogen and oxygen atoms in total. The first-order chi connectivity index (χ1) is 39.1. The van der Waals surface area contributed by atoms with Gasteiger partial charge in [0.1, 0.15) is 51.5 Å². The molecule has 10 N–H and O–H groups in total. The topological polar surface area (TPSA) is 601 Å². The minimum absolute atomic E-state index is 0.119. The maximum absolute atomic E-state index is 12.7. The molecule has 0 spiro atoms. The fourth-order valence-corrected chi connectivity index (χ4v) is 7.31. The van der Waals surface area contributed by atoms with Gasteiger partial charge in [0, 0.05) is 65.4 Å². The van der Waals surface area contributed by atoms with Crippen LogP contribution in [0.25, 0.3) is 0 Å². The van der Waals surface area contributed by atoms with Gasteiger partial charge in [-0.1, -0.05) is 0 Å². The molecule has 0 saturated carbocycles. The molecule has 8 unspecified atom stereocenters. The molecule has 0 aliphatic heterocycles. The summed E-state index contributed by atoms with van der Waals surface area (Å²) in [5, 5.41) is 49.4. The van der Waals surface area contributed by atoms with E-state index in [1.54, 1.807) is 0 Å². The Balaban J connectivity index is 3.95. The van der Waals surface area contributed by atoms with Crippen molar-refractivity contribution in [3.8, 4) is 0 Å². The van der Waals surface area contributed by atoms with Gasteiger partial charge in [-0.2, -0.15) is 5.54 Å². The van der Waals surface area contributed by atoms with Gasteiger partial charge in [0.15, 0.2) is 33.0 Å². The Kier molecular flexibility index (Phi) is 46.3. The SMILES string of the molecule is [B]NCC(COP(=O)(O)O)COP(=O)(O)OCCOOOOO/C=C\OP(=O)(O)OCCOOOOO/C=C\OP(=O)(O)OCCOOOOO/C=C/OP(=O)(O)OCC(CNF)COP(=O)(O)OCCOOOOO/C=C/OP(C)(=O)O. The molecule has 0 heterocycles. The molecule has 488 valence electrons. The quantitative estimate of drug-likeness (QED) is 0.00767. The largest absolute Gasteiger partial charge is 0.527 e. The van der Waals surface area contributed by atoms with Crippen molar-refractivity contribution in [3.05, 3.63) is 50.1 Å². The van der Waals surface area contributed by atoms with Gasteiger partial charge >= 0.3 is 54.5 Å². The average Bonchev–Trinajstić information content (AvgIpc) is 3.41. The third-order valence-electron chi connectivity index (χ3n) is 6.21. The zero-order valence-corrected chi connectivity index (χ0v) is 47.5. The summed E-state index contributed by atoms with van der Waals surface area (Å²) in [4.78, 5) is 109. The average molecular weight is 1380 g/mol.